The zero-order valence-electron chi connectivity index (χ0n) is 37.4. The lowest BCUT2D eigenvalue weighted by Gasteiger charge is -2.46. The van der Waals surface area contributed by atoms with Crippen LogP contribution in [-0.4, -0.2) is 11.9 Å². The molecule has 0 spiro atoms. The van der Waals surface area contributed by atoms with E-state index in [1.54, 1.807) is 0 Å². The molecule has 28 heteroatoms. The van der Waals surface area contributed by atoms with Gasteiger partial charge in [0.2, 0.25) is 12.3 Å². The number of halogens is 24. The zero-order valence-corrected chi connectivity index (χ0v) is 38.3. The Bertz CT molecular complexity index is 2870. The third-order valence-electron chi connectivity index (χ3n) is 11.7. The predicted octanol–water partition coefficient (Wildman–Crippen LogP) is 14.5. The minimum Gasteiger partial charge on any atom is -0.287 e. The number of benzene rings is 6. The molecule has 1 heterocycles. The smallest absolute Gasteiger partial charge is 0.287 e. The molecule has 0 aliphatic heterocycles. The largest absolute Gasteiger partial charge is 0.416 e. The number of carbonyl (C=O) groups is 1. The number of hydrogen-bond donors (Lipinski definition) is 1. The SMILES string of the molecule is FC(F)(F)c1cc([B-](c2cc(C(F)(F)F)cc(C(F)(F)F)c2)(c2cc(C(F)(F)F)cc(C(F)(F)F)c2)c2cc(C(F)(F)F)cc(C(F)(F)F)c2)cc(C(F)(F)F)c1.O=C(C[n+]1ccc2ccccc2c1)c1ccc(S)cc1. The molecule has 0 aliphatic rings. The molecule has 0 saturated heterocycles. The number of pyridine rings is 1. The molecule has 0 fully saturated rings. The number of thiol groups is 1. The van der Waals surface area contributed by atoms with Gasteiger partial charge < -0.3 is 0 Å². The summed E-state index contributed by atoms with van der Waals surface area (Å²) in [7, 11) is 0. The minimum absolute atomic E-state index is 0.0959. The summed E-state index contributed by atoms with van der Waals surface area (Å²) in [5, 5.41) is 2.31. The molecule has 6 aromatic carbocycles. The minimum atomic E-state index is -6.13. The number of fused-ring (bicyclic) bond motifs is 1. The van der Waals surface area contributed by atoms with E-state index in [-0.39, 0.29) is 5.78 Å². The van der Waals surface area contributed by atoms with Crippen LogP contribution in [0, 0.1) is 0 Å². The standard InChI is InChI=1S/C32H12BF24.C17H13NOS/c34-25(35,36)13-1-14(26(37,38)39)6-21(5-13)33(22-7-15(27(40,41)42)2-16(8-22)28(43,44)45,23-9-17(29(46,47)48)3-18(10-23)30(49,50)51)24-11-19(31(52,53)54)4-20(12-24)32(55,56)57;19-17(14-5-7-16(20)8-6-14)12-18-10-9-13-3-1-2-4-15(13)11-18/h1-12H;1-11H,12H2/q-1;/p+1. The Morgan fingerprint density at radius 1 is 0.364 bits per heavy atom. The van der Waals surface area contributed by atoms with Crippen molar-refractivity contribution in [3.8, 4) is 0 Å². The van der Waals surface area contributed by atoms with Crippen LogP contribution in [0.3, 0.4) is 0 Å². The van der Waals surface area contributed by atoms with Gasteiger partial charge in [-0.15, -0.1) is 12.6 Å². The topological polar surface area (TPSA) is 20.9 Å². The second-order valence-corrected chi connectivity index (χ2v) is 17.5. The summed E-state index contributed by atoms with van der Waals surface area (Å²) in [6.07, 6.45) is -50.9. The van der Waals surface area contributed by atoms with Gasteiger partial charge in [0.1, 0.15) is 6.15 Å². The molecule has 77 heavy (non-hydrogen) atoms. The number of alkyl halides is 24. The second-order valence-electron chi connectivity index (χ2n) is 16.9. The number of hydrogen-bond acceptors (Lipinski definition) is 2. The lowest BCUT2D eigenvalue weighted by molar-refractivity contribution is -0.681. The lowest BCUT2D eigenvalue weighted by Crippen LogP contribution is -2.75. The van der Waals surface area contributed by atoms with Crippen LogP contribution < -0.4 is 26.4 Å². The molecule has 410 valence electrons. The first-order valence-corrected chi connectivity index (χ1v) is 21.5. The molecule has 0 atom stereocenters. The van der Waals surface area contributed by atoms with Gasteiger partial charge in [-0.2, -0.15) is 132 Å². The van der Waals surface area contributed by atoms with Gasteiger partial charge >= 0.3 is 49.4 Å². The molecule has 0 N–H and O–H groups in total. The number of carbonyl (C=O) groups excluding carboxylic acids is 1. The molecule has 0 radical (unpaired) electrons. The van der Waals surface area contributed by atoms with Gasteiger partial charge in [0.15, 0.2) is 12.4 Å². The molecule has 0 saturated carbocycles. The highest BCUT2D eigenvalue weighted by Crippen LogP contribution is 2.41. The second kappa shape index (κ2) is 20.5. The van der Waals surface area contributed by atoms with Gasteiger partial charge in [0.05, 0.1) is 44.5 Å². The van der Waals surface area contributed by atoms with Crippen molar-refractivity contribution in [3.63, 3.8) is 0 Å². The molecular weight excluding hydrogens is 1120 g/mol. The van der Waals surface area contributed by atoms with Crippen molar-refractivity contribution >= 4 is 57.2 Å². The van der Waals surface area contributed by atoms with Crippen LogP contribution in [0.25, 0.3) is 10.8 Å². The Hall–Kier alpha value is -6.87. The number of rotatable bonds is 7. The number of ketones is 1. The first-order chi connectivity index (χ1) is 35.0. The van der Waals surface area contributed by atoms with Gasteiger partial charge in [0.25, 0.3) is 0 Å². The maximum Gasteiger partial charge on any atom is 0.416 e. The van der Waals surface area contributed by atoms with Gasteiger partial charge in [-0.25, -0.2) is 0 Å². The van der Waals surface area contributed by atoms with E-state index >= 15 is 0 Å². The number of aromatic nitrogens is 1. The molecule has 7 aromatic rings. The first kappa shape index (κ1) is 59.4. The highest BCUT2D eigenvalue weighted by atomic mass is 32.1. The third kappa shape index (κ3) is 13.6. The van der Waals surface area contributed by atoms with Crippen molar-refractivity contribution in [2.24, 2.45) is 0 Å². The quantitative estimate of drug-likeness (QED) is 0.0555. The summed E-state index contributed by atoms with van der Waals surface area (Å²) >= 11 is 4.22. The Kier molecular flexibility index (Phi) is 15.8. The van der Waals surface area contributed by atoms with E-state index in [9.17, 15) is 110 Å². The fraction of sp³-hybridized carbons (Fsp3) is 0.184. The summed E-state index contributed by atoms with van der Waals surface area (Å²) in [4.78, 5) is 13.1. The molecule has 0 aliphatic carbocycles. The molecule has 0 bridgehead atoms. The summed E-state index contributed by atoms with van der Waals surface area (Å²) in [6, 6.07) is 8.63. The normalized spacial score (nSPS) is 13.4. The van der Waals surface area contributed by atoms with Gasteiger partial charge in [-0.05, 0) is 47.9 Å². The van der Waals surface area contributed by atoms with E-state index < -0.39 is 195 Å². The number of Topliss-reactive ketones (excluding diaryl/α,β-unsaturated/α-hetero) is 1. The third-order valence-corrected chi connectivity index (χ3v) is 12.0. The first-order valence-electron chi connectivity index (χ1n) is 21.0. The summed E-state index contributed by atoms with van der Waals surface area (Å²) < 4.78 is 343. The van der Waals surface area contributed by atoms with Crippen LogP contribution in [0.2, 0.25) is 0 Å². The van der Waals surface area contributed by atoms with Crippen molar-refractivity contribution in [2.75, 3.05) is 0 Å². The van der Waals surface area contributed by atoms with Gasteiger partial charge in [0, 0.05) is 21.9 Å². The Morgan fingerprint density at radius 2 is 0.623 bits per heavy atom. The van der Waals surface area contributed by atoms with Crippen LogP contribution >= 0.6 is 12.6 Å². The van der Waals surface area contributed by atoms with E-state index in [2.05, 4.69) is 18.7 Å². The Balaban J connectivity index is 0.000000397. The van der Waals surface area contributed by atoms with Crippen molar-refractivity contribution in [3.05, 3.63) is 190 Å². The van der Waals surface area contributed by atoms with Crippen LogP contribution in [0.1, 0.15) is 54.9 Å². The van der Waals surface area contributed by atoms with Crippen LogP contribution in [0.4, 0.5) is 105 Å². The van der Waals surface area contributed by atoms with E-state index in [4.69, 9.17) is 0 Å². The molecule has 2 nitrogen and oxygen atoms in total. The fourth-order valence-electron chi connectivity index (χ4n) is 8.25. The molecule has 0 unspecified atom stereocenters. The molecular formula is C49H26BF24NOS. The van der Waals surface area contributed by atoms with Gasteiger partial charge in [-0.1, -0.05) is 78.9 Å². The highest BCUT2D eigenvalue weighted by molar-refractivity contribution is 7.80. The monoisotopic (exact) mass is 1140 g/mol. The van der Waals surface area contributed by atoms with Crippen LogP contribution in [0.5, 0.6) is 0 Å². The lowest BCUT2D eigenvalue weighted by atomic mass is 9.12. The maximum absolute atomic E-state index is 14.2. The Labute approximate surface area is 421 Å². The maximum atomic E-state index is 14.2. The van der Waals surface area contributed by atoms with E-state index in [1.165, 1.54) is 5.39 Å². The van der Waals surface area contributed by atoms with Gasteiger partial charge in [-0.3, -0.25) is 4.79 Å². The van der Waals surface area contributed by atoms with E-state index in [0.717, 1.165) is 10.3 Å². The van der Waals surface area contributed by atoms with Crippen molar-refractivity contribution in [1.82, 2.24) is 0 Å². The zero-order chi connectivity index (χ0) is 57.9. The molecule has 0 amide bonds. The van der Waals surface area contributed by atoms with Crippen LogP contribution in [0.15, 0.2) is 145 Å². The molecule has 7 rings (SSSR count). The molecule has 1 aromatic heterocycles. The van der Waals surface area contributed by atoms with E-state index in [1.807, 2.05) is 65.5 Å². The highest BCUT2D eigenvalue weighted by Gasteiger charge is 2.47. The summed E-state index contributed by atoms with van der Waals surface area (Å²) in [6.45, 7) is 0.344. The predicted molar refractivity (Wildman–Crippen MR) is 232 cm³/mol. The van der Waals surface area contributed by atoms with Crippen LogP contribution in [-0.2, 0) is 56.0 Å². The van der Waals surface area contributed by atoms with Crippen molar-refractivity contribution in [2.45, 2.75) is 60.9 Å². The fourth-order valence-corrected chi connectivity index (χ4v) is 8.40. The summed E-state index contributed by atoms with van der Waals surface area (Å²) in [5.74, 6) is 0.0959. The Morgan fingerprint density at radius 3 is 0.883 bits per heavy atom. The van der Waals surface area contributed by atoms with E-state index in [0.29, 0.717) is 12.1 Å². The van der Waals surface area contributed by atoms with Crippen molar-refractivity contribution in [1.29, 1.82) is 0 Å². The van der Waals surface area contributed by atoms with Crippen molar-refractivity contribution < 1.29 is 115 Å². The number of nitrogens with zero attached hydrogens (tertiary/aromatic N) is 1. The average Bonchev–Trinajstić information content (AvgIpc) is 3.29. The summed E-state index contributed by atoms with van der Waals surface area (Å²) in [5.41, 5.74) is -29.5. The average molecular weight is 1140 g/mol.